The smallest absolute Gasteiger partial charge is 0.227 e. The molecular formula is C21H28N4O3S. The number of carbonyl (C=O) groups is 1. The van der Waals surface area contributed by atoms with Crippen LogP contribution in [0.2, 0.25) is 0 Å². The summed E-state index contributed by atoms with van der Waals surface area (Å²) >= 11 is 0. The fourth-order valence-electron chi connectivity index (χ4n) is 4.36. The number of sulfone groups is 1. The molecule has 2 saturated heterocycles. The third-order valence-electron chi connectivity index (χ3n) is 6.16. The molecule has 8 heteroatoms. The van der Waals surface area contributed by atoms with Crippen molar-refractivity contribution in [2.75, 3.05) is 29.9 Å². The molecule has 2 aliphatic heterocycles. The van der Waals surface area contributed by atoms with E-state index in [4.69, 9.17) is 0 Å². The quantitative estimate of drug-likeness (QED) is 0.807. The maximum atomic E-state index is 12.9. The number of amides is 1. The van der Waals surface area contributed by atoms with Crippen molar-refractivity contribution in [3.05, 3.63) is 48.0 Å². The van der Waals surface area contributed by atoms with E-state index in [9.17, 15) is 13.2 Å². The summed E-state index contributed by atoms with van der Waals surface area (Å²) in [6.45, 7) is 4.20. The second-order valence-electron chi connectivity index (χ2n) is 8.12. The monoisotopic (exact) mass is 416 g/mol. The summed E-state index contributed by atoms with van der Waals surface area (Å²) in [5.41, 5.74) is 1.89. The first-order valence-electron chi connectivity index (χ1n) is 10.2. The maximum Gasteiger partial charge on any atom is 0.227 e. The molecule has 1 aromatic heterocycles. The minimum Gasteiger partial charge on any atom is -0.331 e. The van der Waals surface area contributed by atoms with E-state index in [1.54, 1.807) is 6.20 Å². The van der Waals surface area contributed by atoms with Gasteiger partial charge in [-0.15, -0.1) is 0 Å². The zero-order chi connectivity index (χ0) is 20.4. The number of rotatable bonds is 5. The Hall–Kier alpha value is -2.19. The highest BCUT2D eigenvalue weighted by molar-refractivity contribution is 7.91. The maximum absolute atomic E-state index is 12.9. The zero-order valence-corrected chi connectivity index (χ0v) is 17.6. The van der Waals surface area contributed by atoms with E-state index in [0.717, 1.165) is 49.4 Å². The number of imidazole rings is 1. The first kappa shape index (κ1) is 20.1. The third-order valence-corrected chi connectivity index (χ3v) is 7.92. The van der Waals surface area contributed by atoms with Gasteiger partial charge in [-0.25, -0.2) is 13.4 Å². The standard InChI is InChI=1S/C21H28N4O3S/c1-16-22-9-12-25(16)14-18-4-2-3-5-20(18)23-21(26)17-6-10-24(11-7-17)19-8-13-29(27,28)15-19/h2-5,9,12,17,19H,6-8,10-11,13-15H2,1H3,(H,23,26). The van der Waals surface area contributed by atoms with E-state index in [1.165, 1.54) is 0 Å². The van der Waals surface area contributed by atoms with Gasteiger partial charge < -0.3 is 9.88 Å². The summed E-state index contributed by atoms with van der Waals surface area (Å²) in [5, 5.41) is 3.12. The van der Waals surface area contributed by atoms with Crippen LogP contribution in [0.4, 0.5) is 5.69 Å². The number of nitrogens with zero attached hydrogens (tertiary/aromatic N) is 3. The largest absolute Gasteiger partial charge is 0.331 e. The van der Waals surface area contributed by atoms with E-state index in [1.807, 2.05) is 37.4 Å². The van der Waals surface area contributed by atoms with E-state index >= 15 is 0 Å². The molecule has 156 valence electrons. The first-order chi connectivity index (χ1) is 13.9. The van der Waals surface area contributed by atoms with Crippen LogP contribution >= 0.6 is 0 Å². The fraction of sp³-hybridized carbons (Fsp3) is 0.524. The van der Waals surface area contributed by atoms with Crippen molar-refractivity contribution in [2.24, 2.45) is 5.92 Å². The second kappa shape index (κ2) is 8.28. The van der Waals surface area contributed by atoms with Crippen molar-refractivity contribution in [2.45, 2.75) is 38.8 Å². The number of piperidine rings is 1. The van der Waals surface area contributed by atoms with Crippen LogP contribution in [0.15, 0.2) is 36.7 Å². The number of hydrogen-bond acceptors (Lipinski definition) is 5. The molecule has 1 N–H and O–H groups in total. The van der Waals surface area contributed by atoms with Gasteiger partial charge in [0.1, 0.15) is 5.82 Å². The molecule has 1 amide bonds. The second-order valence-corrected chi connectivity index (χ2v) is 10.3. The predicted octanol–water partition coefficient (Wildman–Crippen LogP) is 2.08. The van der Waals surface area contributed by atoms with Gasteiger partial charge in [0.2, 0.25) is 5.91 Å². The predicted molar refractivity (Wildman–Crippen MR) is 112 cm³/mol. The van der Waals surface area contributed by atoms with E-state index in [-0.39, 0.29) is 23.6 Å². The van der Waals surface area contributed by atoms with Crippen LogP contribution in [-0.4, -0.2) is 59.4 Å². The van der Waals surface area contributed by atoms with E-state index in [0.29, 0.717) is 12.3 Å². The Balaban J connectivity index is 1.35. The lowest BCUT2D eigenvalue weighted by Gasteiger charge is -2.35. The van der Waals surface area contributed by atoms with E-state index < -0.39 is 9.84 Å². The molecule has 2 fully saturated rings. The number of aromatic nitrogens is 2. The van der Waals surface area contributed by atoms with Gasteiger partial charge in [-0.3, -0.25) is 9.69 Å². The summed E-state index contributed by atoms with van der Waals surface area (Å²) in [5.74, 6) is 1.52. The van der Waals surface area contributed by atoms with Crippen molar-refractivity contribution in [3.63, 3.8) is 0 Å². The zero-order valence-electron chi connectivity index (χ0n) is 16.8. The van der Waals surface area contributed by atoms with Gasteiger partial charge in [-0.05, 0) is 50.9 Å². The van der Waals surface area contributed by atoms with Crippen molar-refractivity contribution in [1.82, 2.24) is 14.5 Å². The molecule has 0 saturated carbocycles. The Bertz CT molecular complexity index is 977. The number of anilines is 1. The minimum absolute atomic E-state index is 0.0349. The molecule has 7 nitrogen and oxygen atoms in total. The number of benzene rings is 1. The van der Waals surface area contributed by atoms with Gasteiger partial charge >= 0.3 is 0 Å². The summed E-state index contributed by atoms with van der Waals surface area (Å²) in [6.07, 6.45) is 5.98. The first-order valence-corrected chi connectivity index (χ1v) is 12.0. The molecular weight excluding hydrogens is 388 g/mol. The molecule has 0 radical (unpaired) electrons. The molecule has 4 rings (SSSR count). The molecule has 2 aromatic rings. The highest BCUT2D eigenvalue weighted by atomic mass is 32.2. The van der Waals surface area contributed by atoms with Crippen LogP contribution in [0.3, 0.4) is 0 Å². The van der Waals surface area contributed by atoms with Crippen LogP contribution < -0.4 is 5.32 Å². The Morgan fingerprint density at radius 1 is 1.21 bits per heavy atom. The molecule has 2 aliphatic rings. The molecule has 1 atom stereocenters. The summed E-state index contributed by atoms with van der Waals surface area (Å²) in [6, 6.07) is 8.01. The Labute approximate surface area is 172 Å². The summed E-state index contributed by atoms with van der Waals surface area (Å²) < 4.78 is 25.5. The normalized spacial score (nSPS) is 22.6. The molecule has 1 unspecified atom stereocenters. The molecule has 0 spiro atoms. The number of carbonyl (C=O) groups excluding carboxylic acids is 1. The van der Waals surface area contributed by atoms with Crippen molar-refractivity contribution in [1.29, 1.82) is 0 Å². The average Bonchev–Trinajstić information content (AvgIpc) is 3.28. The highest BCUT2D eigenvalue weighted by Crippen LogP contribution is 2.26. The Morgan fingerprint density at radius 3 is 2.62 bits per heavy atom. The van der Waals surface area contributed by atoms with Crippen LogP contribution in [-0.2, 0) is 21.2 Å². The minimum atomic E-state index is -2.87. The molecule has 1 aromatic carbocycles. The molecule has 0 bridgehead atoms. The third kappa shape index (κ3) is 4.70. The summed E-state index contributed by atoms with van der Waals surface area (Å²) in [7, 11) is -2.87. The van der Waals surface area contributed by atoms with Crippen molar-refractivity contribution >= 4 is 21.4 Å². The van der Waals surface area contributed by atoms with Crippen LogP contribution in [0.25, 0.3) is 0 Å². The van der Waals surface area contributed by atoms with Crippen molar-refractivity contribution < 1.29 is 13.2 Å². The van der Waals surface area contributed by atoms with Crippen molar-refractivity contribution in [3.8, 4) is 0 Å². The molecule has 29 heavy (non-hydrogen) atoms. The van der Waals surface area contributed by atoms with Crippen LogP contribution in [0.1, 0.15) is 30.7 Å². The van der Waals surface area contributed by atoms with Gasteiger partial charge in [0.05, 0.1) is 18.1 Å². The lowest BCUT2D eigenvalue weighted by molar-refractivity contribution is -0.121. The van der Waals surface area contributed by atoms with Gasteiger partial charge in [0.25, 0.3) is 0 Å². The Kier molecular flexibility index (Phi) is 5.74. The SMILES string of the molecule is Cc1nccn1Cc1ccccc1NC(=O)C1CCN(C2CCS(=O)(=O)C2)CC1. The number of nitrogens with one attached hydrogen (secondary N) is 1. The number of hydrogen-bond donors (Lipinski definition) is 1. The highest BCUT2D eigenvalue weighted by Gasteiger charge is 2.35. The van der Waals surface area contributed by atoms with Crippen LogP contribution in [0.5, 0.6) is 0 Å². The van der Waals surface area contributed by atoms with Gasteiger partial charge in [0, 0.05) is 30.0 Å². The lowest BCUT2D eigenvalue weighted by atomic mass is 9.94. The van der Waals surface area contributed by atoms with Gasteiger partial charge in [0.15, 0.2) is 9.84 Å². The fourth-order valence-corrected chi connectivity index (χ4v) is 6.12. The lowest BCUT2D eigenvalue weighted by Crippen LogP contribution is -2.44. The Morgan fingerprint density at radius 2 is 1.97 bits per heavy atom. The van der Waals surface area contributed by atoms with Gasteiger partial charge in [-0.2, -0.15) is 0 Å². The number of aryl methyl sites for hydroxylation is 1. The number of likely N-dealkylation sites (tertiary alicyclic amines) is 1. The van der Waals surface area contributed by atoms with Crippen LogP contribution in [0, 0.1) is 12.8 Å². The molecule has 0 aliphatic carbocycles. The van der Waals surface area contributed by atoms with E-state index in [2.05, 4.69) is 19.8 Å². The van der Waals surface area contributed by atoms with Gasteiger partial charge in [-0.1, -0.05) is 18.2 Å². The molecule has 3 heterocycles. The average molecular weight is 417 g/mol. The number of para-hydroxylation sites is 1. The summed E-state index contributed by atoms with van der Waals surface area (Å²) in [4.78, 5) is 19.4. The topological polar surface area (TPSA) is 84.3 Å².